The molecule has 8 nitrogen and oxygen atoms in total. The highest BCUT2D eigenvalue weighted by molar-refractivity contribution is 5.97. The van der Waals surface area contributed by atoms with Crippen LogP contribution in [0.1, 0.15) is 30.1 Å². The molecule has 1 aromatic carbocycles. The van der Waals surface area contributed by atoms with Gasteiger partial charge in [0.1, 0.15) is 11.5 Å². The van der Waals surface area contributed by atoms with Gasteiger partial charge in [-0.05, 0) is 25.0 Å². The molecule has 1 aromatic rings. The molecule has 2 fully saturated rings. The Morgan fingerprint density at radius 1 is 1.24 bits per heavy atom. The lowest BCUT2D eigenvalue weighted by atomic mass is 9.91. The molecule has 3 rings (SSSR count). The number of hydrogen-bond acceptors (Lipinski definition) is 5. The van der Waals surface area contributed by atoms with Crippen LogP contribution in [0.5, 0.6) is 11.5 Å². The molecule has 0 bridgehead atoms. The quantitative estimate of drug-likeness (QED) is 0.810. The Bertz CT molecular complexity index is 726. The summed E-state index contributed by atoms with van der Waals surface area (Å²) in [5, 5.41) is 2.97. The summed E-state index contributed by atoms with van der Waals surface area (Å²) in [5.41, 5.74) is 0.513. The number of hydrogen-bond donors (Lipinski definition) is 1. The standard InChI is InChI=1S/C21H31N3O5/c1-4-8-22-21(26)24-10-11-29-14-15-13-23(9-7-18(15)24)20(25)17-6-5-16(27-2)12-19(17)28-3/h5-6,12,15,18H,4,7-11,13-14H2,1-3H3,(H,22,26)/t15-,18-/m1/s1. The van der Waals surface area contributed by atoms with Crippen molar-refractivity contribution in [2.24, 2.45) is 5.92 Å². The van der Waals surface area contributed by atoms with E-state index in [9.17, 15) is 9.59 Å². The van der Waals surface area contributed by atoms with E-state index in [1.807, 2.05) is 16.7 Å². The number of nitrogens with one attached hydrogen (secondary N) is 1. The van der Waals surface area contributed by atoms with E-state index in [4.69, 9.17) is 14.2 Å². The van der Waals surface area contributed by atoms with Crippen molar-refractivity contribution in [2.45, 2.75) is 25.8 Å². The van der Waals surface area contributed by atoms with Crippen LogP contribution in [0.4, 0.5) is 4.79 Å². The number of carbonyl (C=O) groups excluding carboxylic acids is 2. The lowest BCUT2D eigenvalue weighted by Crippen LogP contribution is -2.56. The number of methoxy groups -OCH3 is 2. The third-order valence-electron chi connectivity index (χ3n) is 5.62. The molecule has 0 saturated carbocycles. The van der Waals surface area contributed by atoms with Crippen molar-refractivity contribution in [3.63, 3.8) is 0 Å². The maximum atomic E-state index is 13.2. The van der Waals surface area contributed by atoms with E-state index in [1.165, 1.54) is 0 Å². The lowest BCUT2D eigenvalue weighted by Gasteiger charge is -2.42. The first-order valence-electron chi connectivity index (χ1n) is 10.2. The highest BCUT2D eigenvalue weighted by atomic mass is 16.5. The van der Waals surface area contributed by atoms with Crippen LogP contribution >= 0.6 is 0 Å². The van der Waals surface area contributed by atoms with Crippen LogP contribution in [0.2, 0.25) is 0 Å². The predicted octanol–water partition coefficient (Wildman–Crippen LogP) is 1.99. The van der Waals surface area contributed by atoms with Crippen LogP contribution < -0.4 is 14.8 Å². The van der Waals surface area contributed by atoms with Crippen molar-refractivity contribution in [3.8, 4) is 11.5 Å². The second-order valence-electron chi connectivity index (χ2n) is 7.43. The molecule has 2 heterocycles. The van der Waals surface area contributed by atoms with Crippen molar-refractivity contribution >= 4 is 11.9 Å². The summed E-state index contributed by atoms with van der Waals surface area (Å²) in [7, 11) is 3.12. The summed E-state index contributed by atoms with van der Waals surface area (Å²) in [6.45, 7) is 5.49. The van der Waals surface area contributed by atoms with Gasteiger partial charge in [0.2, 0.25) is 0 Å². The number of nitrogens with zero attached hydrogens (tertiary/aromatic N) is 2. The van der Waals surface area contributed by atoms with E-state index >= 15 is 0 Å². The molecule has 0 radical (unpaired) electrons. The Kier molecular flexibility index (Phi) is 7.19. The van der Waals surface area contributed by atoms with E-state index in [0.29, 0.717) is 56.5 Å². The average Bonchev–Trinajstić information content (AvgIpc) is 2.98. The smallest absolute Gasteiger partial charge is 0.317 e. The molecule has 0 aliphatic carbocycles. The van der Waals surface area contributed by atoms with E-state index in [-0.39, 0.29) is 23.9 Å². The third-order valence-corrected chi connectivity index (χ3v) is 5.62. The summed E-state index contributed by atoms with van der Waals surface area (Å²) < 4.78 is 16.4. The van der Waals surface area contributed by atoms with Gasteiger partial charge in [0.15, 0.2) is 0 Å². The molecule has 2 aliphatic heterocycles. The lowest BCUT2D eigenvalue weighted by molar-refractivity contribution is 0.0429. The Morgan fingerprint density at radius 3 is 2.79 bits per heavy atom. The van der Waals surface area contributed by atoms with E-state index < -0.39 is 0 Å². The second kappa shape index (κ2) is 9.82. The molecule has 0 spiro atoms. The number of amides is 3. The summed E-state index contributed by atoms with van der Waals surface area (Å²) in [6, 6.07) is 5.26. The first-order chi connectivity index (χ1) is 14.1. The fraction of sp³-hybridized carbons (Fsp3) is 0.619. The zero-order valence-electron chi connectivity index (χ0n) is 17.5. The van der Waals surface area contributed by atoms with Gasteiger partial charge in [0, 0.05) is 44.2 Å². The Hall–Kier alpha value is -2.48. The number of urea groups is 1. The maximum Gasteiger partial charge on any atom is 0.317 e. The molecule has 8 heteroatoms. The molecular formula is C21H31N3O5. The zero-order chi connectivity index (χ0) is 20.8. The molecule has 2 aliphatic rings. The number of ether oxygens (including phenoxy) is 3. The molecule has 0 unspecified atom stereocenters. The van der Waals surface area contributed by atoms with Crippen molar-refractivity contribution < 1.29 is 23.8 Å². The minimum Gasteiger partial charge on any atom is -0.497 e. The third kappa shape index (κ3) is 4.75. The van der Waals surface area contributed by atoms with Gasteiger partial charge in [-0.3, -0.25) is 4.79 Å². The van der Waals surface area contributed by atoms with Gasteiger partial charge < -0.3 is 29.3 Å². The van der Waals surface area contributed by atoms with Crippen LogP contribution in [0.15, 0.2) is 18.2 Å². The van der Waals surface area contributed by atoms with Crippen LogP contribution in [-0.4, -0.2) is 81.4 Å². The van der Waals surface area contributed by atoms with Crippen molar-refractivity contribution in [1.82, 2.24) is 15.1 Å². The highest BCUT2D eigenvalue weighted by Gasteiger charge is 2.39. The number of carbonyl (C=O) groups is 2. The molecule has 29 heavy (non-hydrogen) atoms. The van der Waals surface area contributed by atoms with Gasteiger partial charge in [-0.2, -0.15) is 0 Å². The van der Waals surface area contributed by atoms with Crippen LogP contribution in [-0.2, 0) is 4.74 Å². The van der Waals surface area contributed by atoms with Gasteiger partial charge in [0.25, 0.3) is 5.91 Å². The van der Waals surface area contributed by atoms with Crippen molar-refractivity contribution in [1.29, 1.82) is 0 Å². The van der Waals surface area contributed by atoms with Crippen molar-refractivity contribution in [3.05, 3.63) is 23.8 Å². The summed E-state index contributed by atoms with van der Waals surface area (Å²) in [4.78, 5) is 29.5. The fourth-order valence-corrected chi connectivity index (χ4v) is 4.07. The van der Waals surface area contributed by atoms with E-state index in [2.05, 4.69) is 5.32 Å². The molecule has 160 valence electrons. The number of likely N-dealkylation sites (tertiary alicyclic amines) is 1. The topological polar surface area (TPSA) is 80.3 Å². The van der Waals surface area contributed by atoms with Gasteiger partial charge in [-0.15, -0.1) is 0 Å². The molecular weight excluding hydrogens is 374 g/mol. The van der Waals surface area contributed by atoms with E-state index in [1.54, 1.807) is 32.4 Å². The van der Waals surface area contributed by atoms with E-state index in [0.717, 1.165) is 12.8 Å². The van der Waals surface area contributed by atoms with Gasteiger partial charge in [0.05, 0.1) is 33.0 Å². The normalized spacial score (nSPS) is 21.8. The fourth-order valence-electron chi connectivity index (χ4n) is 4.07. The largest absolute Gasteiger partial charge is 0.497 e. The average molecular weight is 405 g/mol. The maximum absolute atomic E-state index is 13.2. The first kappa shape index (κ1) is 21.2. The molecule has 2 saturated heterocycles. The number of rotatable bonds is 5. The monoisotopic (exact) mass is 405 g/mol. The predicted molar refractivity (Wildman–Crippen MR) is 109 cm³/mol. The number of benzene rings is 1. The van der Waals surface area contributed by atoms with Gasteiger partial charge in [-0.1, -0.05) is 6.92 Å². The number of fused-ring (bicyclic) bond motifs is 1. The molecule has 3 amide bonds. The minimum atomic E-state index is -0.0748. The van der Waals surface area contributed by atoms with Crippen molar-refractivity contribution in [2.75, 3.05) is 53.6 Å². The molecule has 2 atom stereocenters. The highest BCUT2D eigenvalue weighted by Crippen LogP contribution is 2.30. The molecule has 0 aromatic heterocycles. The second-order valence-corrected chi connectivity index (χ2v) is 7.43. The summed E-state index contributed by atoms with van der Waals surface area (Å²) in [6.07, 6.45) is 1.63. The number of piperidine rings is 1. The minimum absolute atomic E-state index is 0.0380. The SMILES string of the molecule is CCCNC(=O)N1CCOC[C@H]2CN(C(=O)c3ccc(OC)cc3OC)CC[C@H]21. The zero-order valence-corrected chi connectivity index (χ0v) is 17.5. The Labute approximate surface area is 172 Å². The first-order valence-corrected chi connectivity index (χ1v) is 10.2. The Morgan fingerprint density at radius 2 is 2.07 bits per heavy atom. The molecule has 1 N–H and O–H groups in total. The van der Waals surface area contributed by atoms with Crippen LogP contribution in [0.25, 0.3) is 0 Å². The summed E-state index contributed by atoms with van der Waals surface area (Å²) in [5.74, 6) is 1.15. The summed E-state index contributed by atoms with van der Waals surface area (Å²) >= 11 is 0. The van der Waals surface area contributed by atoms with Crippen LogP contribution in [0.3, 0.4) is 0 Å². The van der Waals surface area contributed by atoms with Gasteiger partial charge >= 0.3 is 6.03 Å². The van der Waals surface area contributed by atoms with Crippen LogP contribution in [0, 0.1) is 5.92 Å². The van der Waals surface area contributed by atoms with Gasteiger partial charge in [-0.25, -0.2) is 4.79 Å². The Balaban J connectivity index is 1.73.